The molecule has 0 aliphatic carbocycles. The van der Waals surface area contributed by atoms with Crippen LogP contribution in [0.5, 0.6) is 0 Å². The van der Waals surface area contributed by atoms with Crippen LogP contribution in [0.15, 0.2) is 0 Å². The summed E-state index contributed by atoms with van der Waals surface area (Å²) >= 11 is 0. The van der Waals surface area contributed by atoms with Gasteiger partial charge in [0.1, 0.15) is 19.3 Å². The molecule has 5 atom stereocenters. The standard InChI is InChI=1S/C81H158O17P2/c1-8-9-10-11-12-13-14-15-16-17-18-19-23-26-29-35-40-48-55-62-78(83)91-68-76(97-80(85)64-57-50-41-36-30-27-24-21-20-22-25-28-33-38-45-52-59-72(2)3)70-95-99(87,88)93-66-75(82)67-94-100(89,90)96-71-77(69-92-79(84)63-56-49-44-43-47-54-61-74(6)7)98-81(86)65-58-51-42-37-32-31-34-39-46-53-60-73(4)5/h72-77,82H,8-71H2,1-7H3,(H,87,88)(H,89,90)/t75-,76-,77-/m1/s1. The van der Waals surface area contributed by atoms with E-state index in [-0.39, 0.29) is 25.7 Å². The van der Waals surface area contributed by atoms with Crippen molar-refractivity contribution < 1.29 is 80.2 Å². The fourth-order valence-electron chi connectivity index (χ4n) is 12.5. The van der Waals surface area contributed by atoms with Gasteiger partial charge in [-0.3, -0.25) is 37.3 Å². The largest absolute Gasteiger partial charge is 0.472 e. The number of aliphatic hydroxyl groups excluding tert-OH is 1. The molecule has 2 unspecified atom stereocenters. The highest BCUT2D eigenvalue weighted by Gasteiger charge is 2.30. The van der Waals surface area contributed by atoms with E-state index >= 15 is 0 Å². The highest BCUT2D eigenvalue weighted by Crippen LogP contribution is 2.45. The van der Waals surface area contributed by atoms with Crippen molar-refractivity contribution in [2.45, 2.75) is 439 Å². The van der Waals surface area contributed by atoms with E-state index in [0.717, 1.165) is 108 Å². The van der Waals surface area contributed by atoms with Crippen LogP contribution in [0.25, 0.3) is 0 Å². The zero-order valence-corrected chi connectivity index (χ0v) is 67.5. The lowest BCUT2D eigenvalue weighted by molar-refractivity contribution is -0.161. The molecule has 0 spiro atoms. The molecule has 100 heavy (non-hydrogen) atoms. The molecule has 0 aliphatic heterocycles. The molecule has 19 heteroatoms. The van der Waals surface area contributed by atoms with E-state index in [1.807, 2.05) is 0 Å². The second kappa shape index (κ2) is 71.3. The molecular formula is C81H158O17P2. The SMILES string of the molecule is CCCCCCCCCCCCCCCCCCCCCC(=O)OC[C@H](COP(=O)(O)OC[C@@H](O)COP(=O)(O)OC[C@@H](COC(=O)CCCCCCCCC(C)C)OC(=O)CCCCCCCCCCCCC(C)C)OC(=O)CCCCCCCCCCCCCCCCCCC(C)C. The molecule has 0 aromatic carbocycles. The van der Waals surface area contributed by atoms with Gasteiger partial charge in [0.15, 0.2) is 12.2 Å². The Labute approximate surface area is 613 Å². The normalized spacial score (nSPS) is 14.0. The maximum Gasteiger partial charge on any atom is 0.472 e. The molecule has 0 amide bonds. The topological polar surface area (TPSA) is 237 Å². The van der Waals surface area contributed by atoms with Crippen LogP contribution in [-0.2, 0) is 65.4 Å². The summed E-state index contributed by atoms with van der Waals surface area (Å²) in [4.78, 5) is 73.0. The summed E-state index contributed by atoms with van der Waals surface area (Å²) in [5.41, 5.74) is 0. The Morgan fingerprint density at radius 1 is 0.270 bits per heavy atom. The van der Waals surface area contributed by atoms with Gasteiger partial charge in [0.2, 0.25) is 0 Å². The Morgan fingerprint density at radius 3 is 0.680 bits per heavy atom. The molecule has 17 nitrogen and oxygen atoms in total. The molecule has 0 aromatic heterocycles. The van der Waals surface area contributed by atoms with Crippen molar-refractivity contribution in [1.82, 2.24) is 0 Å². The summed E-state index contributed by atoms with van der Waals surface area (Å²) in [6.07, 6.45) is 59.9. The third-order valence-electron chi connectivity index (χ3n) is 18.9. The molecule has 3 N–H and O–H groups in total. The van der Waals surface area contributed by atoms with Gasteiger partial charge in [-0.05, 0) is 43.4 Å². The number of phosphoric ester groups is 2. The van der Waals surface area contributed by atoms with Gasteiger partial charge in [-0.1, -0.05) is 370 Å². The lowest BCUT2D eigenvalue weighted by Crippen LogP contribution is -2.30. The minimum Gasteiger partial charge on any atom is -0.462 e. The number of carbonyl (C=O) groups is 4. The number of hydrogen-bond donors (Lipinski definition) is 3. The second-order valence-corrected chi connectivity index (χ2v) is 33.5. The number of phosphoric acid groups is 2. The van der Waals surface area contributed by atoms with Gasteiger partial charge in [0.25, 0.3) is 0 Å². The van der Waals surface area contributed by atoms with Crippen molar-refractivity contribution in [3.05, 3.63) is 0 Å². The quantitative estimate of drug-likeness (QED) is 0.0222. The third kappa shape index (κ3) is 74.3. The van der Waals surface area contributed by atoms with E-state index in [2.05, 4.69) is 48.5 Å². The van der Waals surface area contributed by atoms with Crippen molar-refractivity contribution in [2.24, 2.45) is 17.8 Å². The highest BCUT2D eigenvalue weighted by atomic mass is 31.2. The van der Waals surface area contributed by atoms with Crippen molar-refractivity contribution in [3.8, 4) is 0 Å². The maximum atomic E-state index is 13.1. The minimum atomic E-state index is -4.96. The first-order chi connectivity index (χ1) is 48.2. The van der Waals surface area contributed by atoms with Crippen LogP contribution in [0.2, 0.25) is 0 Å². The van der Waals surface area contributed by atoms with E-state index in [9.17, 15) is 43.2 Å². The molecule has 0 heterocycles. The third-order valence-corrected chi connectivity index (χ3v) is 20.8. The minimum absolute atomic E-state index is 0.105. The van der Waals surface area contributed by atoms with Crippen LogP contribution in [0.1, 0.15) is 421 Å². The maximum absolute atomic E-state index is 13.1. The zero-order valence-electron chi connectivity index (χ0n) is 65.7. The van der Waals surface area contributed by atoms with Gasteiger partial charge in [0, 0.05) is 25.7 Å². The zero-order chi connectivity index (χ0) is 73.7. The van der Waals surface area contributed by atoms with E-state index in [1.165, 1.54) is 225 Å². The molecule has 594 valence electrons. The number of ether oxygens (including phenoxy) is 4. The van der Waals surface area contributed by atoms with Gasteiger partial charge < -0.3 is 33.8 Å². The molecule has 0 aromatic rings. The van der Waals surface area contributed by atoms with Gasteiger partial charge in [-0.25, -0.2) is 9.13 Å². The lowest BCUT2D eigenvalue weighted by atomic mass is 10.0. The Balaban J connectivity index is 5.21. The summed E-state index contributed by atoms with van der Waals surface area (Å²) < 4.78 is 68.7. The number of aliphatic hydroxyl groups is 1. The molecule has 0 saturated heterocycles. The first-order valence-electron chi connectivity index (χ1n) is 41.8. The molecule has 0 aliphatic rings. The van der Waals surface area contributed by atoms with Gasteiger partial charge in [-0.15, -0.1) is 0 Å². The Bertz CT molecular complexity index is 1940. The number of unbranched alkanes of at least 4 members (excludes halogenated alkanes) is 47. The smallest absolute Gasteiger partial charge is 0.462 e. The molecular weight excluding hydrogens is 1310 g/mol. The van der Waals surface area contributed by atoms with Gasteiger partial charge in [-0.2, -0.15) is 0 Å². The molecule has 0 bridgehead atoms. The Morgan fingerprint density at radius 2 is 0.460 bits per heavy atom. The van der Waals surface area contributed by atoms with E-state index in [0.29, 0.717) is 31.6 Å². The fraction of sp³-hybridized carbons (Fsp3) is 0.951. The predicted octanol–water partition coefficient (Wildman–Crippen LogP) is 24.1. The average molecular weight is 1470 g/mol. The van der Waals surface area contributed by atoms with Gasteiger partial charge in [0.05, 0.1) is 26.4 Å². The monoisotopic (exact) mass is 1470 g/mol. The Kier molecular flexibility index (Phi) is 69.9. The summed E-state index contributed by atoms with van der Waals surface area (Å²) in [5, 5.41) is 10.6. The van der Waals surface area contributed by atoms with Crippen molar-refractivity contribution in [3.63, 3.8) is 0 Å². The first kappa shape index (κ1) is 98.1. The lowest BCUT2D eigenvalue weighted by Gasteiger charge is -2.21. The summed E-state index contributed by atoms with van der Waals surface area (Å²) in [5.74, 6) is 0.126. The summed E-state index contributed by atoms with van der Waals surface area (Å²) in [6.45, 7) is 11.9. The number of esters is 4. The van der Waals surface area contributed by atoms with E-state index < -0.39 is 97.5 Å². The van der Waals surface area contributed by atoms with Crippen LogP contribution < -0.4 is 0 Å². The van der Waals surface area contributed by atoms with E-state index in [1.54, 1.807) is 0 Å². The van der Waals surface area contributed by atoms with Crippen LogP contribution >= 0.6 is 15.6 Å². The predicted molar refractivity (Wildman–Crippen MR) is 409 cm³/mol. The molecule has 0 fully saturated rings. The number of carbonyl (C=O) groups excluding carboxylic acids is 4. The van der Waals surface area contributed by atoms with Crippen LogP contribution in [-0.4, -0.2) is 96.7 Å². The van der Waals surface area contributed by atoms with Crippen LogP contribution in [0.4, 0.5) is 0 Å². The van der Waals surface area contributed by atoms with Crippen molar-refractivity contribution >= 4 is 39.5 Å². The molecule has 0 radical (unpaired) electrons. The van der Waals surface area contributed by atoms with Crippen LogP contribution in [0.3, 0.4) is 0 Å². The number of hydrogen-bond acceptors (Lipinski definition) is 15. The van der Waals surface area contributed by atoms with Crippen molar-refractivity contribution in [2.75, 3.05) is 39.6 Å². The van der Waals surface area contributed by atoms with Gasteiger partial charge >= 0.3 is 39.5 Å². The van der Waals surface area contributed by atoms with E-state index in [4.69, 9.17) is 37.0 Å². The average Bonchev–Trinajstić information content (AvgIpc) is 0.923. The summed E-state index contributed by atoms with van der Waals surface area (Å²) in [6, 6.07) is 0. The first-order valence-corrected chi connectivity index (χ1v) is 44.8. The Hall–Kier alpha value is -1.94. The van der Waals surface area contributed by atoms with Crippen molar-refractivity contribution in [1.29, 1.82) is 0 Å². The molecule has 0 rings (SSSR count). The second-order valence-electron chi connectivity index (χ2n) is 30.6. The molecule has 0 saturated carbocycles. The van der Waals surface area contributed by atoms with Crippen LogP contribution in [0, 0.1) is 17.8 Å². The summed E-state index contributed by atoms with van der Waals surface area (Å²) in [7, 11) is -9.92. The fourth-order valence-corrected chi connectivity index (χ4v) is 14.1. The highest BCUT2D eigenvalue weighted by molar-refractivity contribution is 7.47. The number of rotatable bonds is 79.